The van der Waals surface area contributed by atoms with E-state index in [2.05, 4.69) is 15.5 Å². The van der Waals surface area contributed by atoms with E-state index in [0.717, 1.165) is 11.1 Å². The van der Waals surface area contributed by atoms with Crippen LogP contribution in [0.3, 0.4) is 0 Å². The van der Waals surface area contributed by atoms with Gasteiger partial charge in [-0.05, 0) is 25.1 Å². The SMILES string of the molecule is CC1(Cc2cc(-c3ccccc3)on2)Nc2ncccc2C=C1C(=O)O. The molecule has 0 spiro atoms. The standard InChI is InChI=1S/C20H17N3O3/c1-20(12-15-11-17(26-23-15)13-6-3-2-4-7-13)16(19(24)25)10-14-8-5-9-21-18(14)22-20/h2-11H,12H2,1H3,(H,21,22)(H,24,25). The number of rotatable bonds is 4. The van der Waals surface area contributed by atoms with Crippen molar-refractivity contribution in [2.45, 2.75) is 18.9 Å². The number of hydrogen-bond donors (Lipinski definition) is 2. The summed E-state index contributed by atoms with van der Waals surface area (Å²) in [6.07, 6.45) is 3.70. The third-order valence-electron chi connectivity index (χ3n) is 4.51. The number of aromatic nitrogens is 2. The first-order valence-corrected chi connectivity index (χ1v) is 8.25. The van der Waals surface area contributed by atoms with Crippen molar-refractivity contribution >= 4 is 17.9 Å². The van der Waals surface area contributed by atoms with Crippen molar-refractivity contribution in [2.75, 3.05) is 5.32 Å². The average molecular weight is 347 g/mol. The lowest BCUT2D eigenvalue weighted by atomic mass is 9.83. The first-order valence-electron chi connectivity index (χ1n) is 8.25. The molecule has 1 atom stereocenters. The van der Waals surface area contributed by atoms with E-state index in [1.165, 1.54) is 0 Å². The van der Waals surface area contributed by atoms with Crippen LogP contribution in [0.4, 0.5) is 5.82 Å². The molecule has 6 heteroatoms. The van der Waals surface area contributed by atoms with Crippen LogP contribution in [-0.4, -0.2) is 26.8 Å². The van der Waals surface area contributed by atoms with E-state index in [0.29, 0.717) is 23.7 Å². The van der Waals surface area contributed by atoms with Crippen LogP contribution < -0.4 is 5.32 Å². The van der Waals surface area contributed by atoms with Crippen molar-refractivity contribution in [1.29, 1.82) is 0 Å². The van der Waals surface area contributed by atoms with Gasteiger partial charge in [0.15, 0.2) is 5.76 Å². The minimum atomic E-state index is -0.971. The van der Waals surface area contributed by atoms with E-state index in [1.54, 1.807) is 18.3 Å². The molecule has 130 valence electrons. The fraction of sp³-hybridized carbons (Fsp3) is 0.150. The maximum atomic E-state index is 11.8. The third-order valence-corrected chi connectivity index (χ3v) is 4.51. The van der Waals surface area contributed by atoms with E-state index in [-0.39, 0.29) is 5.57 Å². The summed E-state index contributed by atoms with van der Waals surface area (Å²) in [5, 5.41) is 17.1. The fourth-order valence-corrected chi connectivity index (χ4v) is 3.22. The molecule has 2 N–H and O–H groups in total. The summed E-state index contributed by atoms with van der Waals surface area (Å²) in [4.78, 5) is 16.1. The molecule has 3 aromatic rings. The molecule has 0 saturated heterocycles. The Bertz CT molecular complexity index is 994. The van der Waals surface area contributed by atoms with Gasteiger partial charge < -0.3 is 14.9 Å². The molecule has 1 unspecified atom stereocenters. The highest BCUT2D eigenvalue weighted by atomic mass is 16.5. The zero-order chi connectivity index (χ0) is 18.1. The summed E-state index contributed by atoms with van der Waals surface area (Å²) in [5.41, 5.74) is 1.77. The van der Waals surface area contributed by atoms with E-state index in [9.17, 15) is 9.90 Å². The van der Waals surface area contributed by atoms with Gasteiger partial charge in [-0.25, -0.2) is 9.78 Å². The predicted octanol–water partition coefficient (Wildman–Crippen LogP) is 3.63. The summed E-state index contributed by atoms with van der Waals surface area (Å²) in [5.74, 6) is 0.340. The number of carboxylic acid groups (broad SMARTS) is 1. The van der Waals surface area contributed by atoms with Crippen LogP contribution in [0.1, 0.15) is 18.2 Å². The van der Waals surface area contributed by atoms with Gasteiger partial charge in [-0.15, -0.1) is 0 Å². The van der Waals surface area contributed by atoms with E-state index >= 15 is 0 Å². The first kappa shape index (κ1) is 16.1. The van der Waals surface area contributed by atoms with Gasteiger partial charge in [-0.1, -0.05) is 35.5 Å². The Morgan fingerprint density at radius 3 is 2.81 bits per heavy atom. The van der Waals surface area contributed by atoms with Gasteiger partial charge in [0.1, 0.15) is 5.82 Å². The van der Waals surface area contributed by atoms with Gasteiger partial charge in [-0.3, -0.25) is 0 Å². The van der Waals surface area contributed by atoms with Gasteiger partial charge in [0, 0.05) is 29.8 Å². The maximum Gasteiger partial charge on any atom is 0.333 e. The molecule has 0 aliphatic carbocycles. The smallest absolute Gasteiger partial charge is 0.333 e. The number of nitrogens with one attached hydrogen (secondary N) is 1. The van der Waals surface area contributed by atoms with Gasteiger partial charge in [0.05, 0.1) is 16.8 Å². The number of carbonyl (C=O) groups is 1. The number of hydrogen-bond acceptors (Lipinski definition) is 5. The zero-order valence-electron chi connectivity index (χ0n) is 14.1. The second-order valence-corrected chi connectivity index (χ2v) is 6.49. The Morgan fingerprint density at radius 1 is 1.23 bits per heavy atom. The Balaban J connectivity index is 1.67. The highest BCUT2D eigenvalue weighted by Gasteiger charge is 2.38. The van der Waals surface area contributed by atoms with Crippen molar-refractivity contribution in [1.82, 2.24) is 10.1 Å². The molecule has 0 saturated carbocycles. The van der Waals surface area contributed by atoms with Crippen LogP contribution in [0.2, 0.25) is 0 Å². The van der Waals surface area contributed by atoms with Gasteiger partial charge in [0.2, 0.25) is 0 Å². The second-order valence-electron chi connectivity index (χ2n) is 6.49. The summed E-state index contributed by atoms with van der Waals surface area (Å²) < 4.78 is 5.44. The summed E-state index contributed by atoms with van der Waals surface area (Å²) >= 11 is 0. The molecule has 1 aliphatic rings. The van der Waals surface area contributed by atoms with Crippen LogP contribution >= 0.6 is 0 Å². The molecule has 4 rings (SSSR count). The molecule has 3 heterocycles. The fourth-order valence-electron chi connectivity index (χ4n) is 3.22. The lowest BCUT2D eigenvalue weighted by Crippen LogP contribution is -2.44. The number of aliphatic carboxylic acids is 1. The van der Waals surface area contributed by atoms with Crippen molar-refractivity contribution in [3.63, 3.8) is 0 Å². The third kappa shape index (κ3) is 2.86. The predicted molar refractivity (Wildman–Crippen MR) is 97.5 cm³/mol. The van der Waals surface area contributed by atoms with Crippen molar-refractivity contribution in [2.24, 2.45) is 0 Å². The molecule has 0 fully saturated rings. The Hall–Kier alpha value is -3.41. The average Bonchev–Trinajstić information content (AvgIpc) is 3.09. The van der Waals surface area contributed by atoms with Crippen LogP contribution in [0.15, 0.2) is 64.8 Å². The molecule has 0 radical (unpaired) electrons. The number of fused-ring (bicyclic) bond motifs is 1. The minimum absolute atomic E-state index is 0.266. The highest BCUT2D eigenvalue weighted by molar-refractivity contribution is 5.98. The van der Waals surface area contributed by atoms with Gasteiger partial charge in [-0.2, -0.15) is 0 Å². The molecule has 1 aliphatic heterocycles. The lowest BCUT2D eigenvalue weighted by Gasteiger charge is -2.35. The van der Waals surface area contributed by atoms with Crippen LogP contribution in [-0.2, 0) is 11.2 Å². The Kier molecular flexibility index (Phi) is 3.80. The zero-order valence-corrected chi connectivity index (χ0v) is 14.1. The van der Waals surface area contributed by atoms with Gasteiger partial charge >= 0.3 is 5.97 Å². The maximum absolute atomic E-state index is 11.8. The Morgan fingerprint density at radius 2 is 2.04 bits per heavy atom. The molecule has 6 nitrogen and oxygen atoms in total. The Labute approximate surface area is 150 Å². The largest absolute Gasteiger partial charge is 0.478 e. The molecule has 26 heavy (non-hydrogen) atoms. The number of pyridine rings is 1. The summed E-state index contributed by atoms with van der Waals surface area (Å²) in [6.45, 7) is 1.83. The molecular formula is C20H17N3O3. The van der Waals surface area contributed by atoms with Crippen molar-refractivity contribution in [3.8, 4) is 11.3 Å². The van der Waals surface area contributed by atoms with Crippen LogP contribution in [0, 0.1) is 0 Å². The van der Waals surface area contributed by atoms with Crippen molar-refractivity contribution < 1.29 is 14.4 Å². The molecule has 2 aromatic heterocycles. The molecule has 1 aromatic carbocycles. The normalized spacial score (nSPS) is 18.6. The molecular weight excluding hydrogens is 330 g/mol. The van der Waals surface area contributed by atoms with Crippen LogP contribution in [0.25, 0.3) is 17.4 Å². The first-order chi connectivity index (χ1) is 12.5. The van der Waals surface area contributed by atoms with Gasteiger partial charge in [0.25, 0.3) is 0 Å². The van der Waals surface area contributed by atoms with Crippen LogP contribution in [0.5, 0.6) is 0 Å². The summed E-state index contributed by atoms with van der Waals surface area (Å²) in [7, 11) is 0. The van der Waals surface area contributed by atoms with E-state index in [1.807, 2.05) is 49.4 Å². The van der Waals surface area contributed by atoms with Crippen molar-refractivity contribution in [3.05, 3.63) is 71.6 Å². The van der Waals surface area contributed by atoms with E-state index in [4.69, 9.17) is 4.52 Å². The monoisotopic (exact) mass is 347 g/mol. The molecule has 0 bridgehead atoms. The highest BCUT2D eigenvalue weighted by Crippen LogP contribution is 2.35. The minimum Gasteiger partial charge on any atom is -0.478 e. The topological polar surface area (TPSA) is 88.3 Å². The molecule has 0 amide bonds. The second kappa shape index (κ2) is 6.15. The number of anilines is 1. The summed E-state index contributed by atoms with van der Waals surface area (Å²) in [6, 6.07) is 15.1. The number of carboxylic acids is 1. The number of benzene rings is 1. The quantitative estimate of drug-likeness (QED) is 0.749. The number of nitrogens with zero attached hydrogens (tertiary/aromatic N) is 2. The van der Waals surface area contributed by atoms with E-state index < -0.39 is 11.5 Å². The lowest BCUT2D eigenvalue weighted by molar-refractivity contribution is -0.133.